The highest BCUT2D eigenvalue weighted by Crippen LogP contribution is 2.17. The van der Waals surface area contributed by atoms with Gasteiger partial charge in [-0.2, -0.15) is 5.06 Å². The molecular weight excluding hydrogens is 283 g/mol. The summed E-state index contributed by atoms with van der Waals surface area (Å²) in [5, 5.41) is 13.3. The minimum Gasteiger partial charge on any atom is -0.351 e. The molecule has 0 bridgehead atoms. The molecule has 0 spiro atoms. The van der Waals surface area contributed by atoms with E-state index in [1.54, 1.807) is 12.1 Å². The molecule has 1 aromatic rings. The van der Waals surface area contributed by atoms with Crippen LogP contribution in [0.2, 0.25) is 5.02 Å². The van der Waals surface area contributed by atoms with E-state index in [0.29, 0.717) is 5.56 Å². The van der Waals surface area contributed by atoms with Crippen LogP contribution in [0, 0.1) is 11.7 Å². The standard InChI is InChI=1S/C14H20ClFN2O2/c1-9(2)10(3)18(20)8-13(19)17-7-11-5-4-6-12(15)14(11)16/h4-6,9-10,20H,7-8H2,1-3H3,(H,17,19)/t10-/m1/s1. The molecule has 0 aliphatic carbocycles. The fourth-order valence-electron chi connectivity index (χ4n) is 1.57. The van der Waals surface area contributed by atoms with Crippen molar-refractivity contribution >= 4 is 17.5 Å². The first kappa shape index (κ1) is 16.9. The van der Waals surface area contributed by atoms with Crippen LogP contribution in [0.4, 0.5) is 4.39 Å². The monoisotopic (exact) mass is 302 g/mol. The van der Waals surface area contributed by atoms with E-state index in [1.165, 1.54) is 6.07 Å². The van der Waals surface area contributed by atoms with Crippen molar-refractivity contribution in [2.75, 3.05) is 6.54 Å². The molecular formula is C14H20ClFN2O2. The Morgan fingerprint density at radius 1 is 1.45 bits per heavy atom. The van der Waals surface area contributed by atoms with Gasteiger partial charge in [0.05, 0.1) is 5.02 Å². The van der Waals surface area contributed by atoms with Crippen LogP contribution in [0.1, 0.15) is 26.3 Å². The fraction of sp³-hybridized carbons (Fsp3) is 0.500. The summed E-state index contributed by atoms with van der Waals surface area (Å²) in [6.07, 6.45) is 0. The van der Waals surface area contributed by atoms with Gasteiger partial charge >= 0.3 is 0 Å². The lowest BCUT2D eigenvalue weighted by Crippen LogP contribution is -2.41. The van der Waals surface area contributed by atoms with Crippen molar-refractivity contribution in [3.05, 3.63) is 34.6 Å². The van der Waals surface area contributed by atoms with E-state index >= 15 is 0 Å². The summed E-state index contributed by atoms with van der Waals surface area (Å²) in [6.45, 7) is 5.62. The summed E-state index contributed by atoms with van der Waals surface area (Å²) < 4.78 is 13.6. The van der Waals surface area contributed by atoms with Crippen LogP contribution in [0.5, 0.6) is 0 Å². The van der Waals surface area contributed by atoms with Gasteiger partial charge in [0.15, 0.2) is 0 Å². The lowest BCUT2D eigenvalue weighted by Gasteiger charge is -2.25. The molecule has 1 aromatic carbocycles. The summed E-state index contributed by atoms with van der Waals surface area (Å²) in [5.74, 6) is -0.691. The molecule has 1 rings (SSSR count). The molecule has 0 saturated carbocycles. The van der Waals surface area contributed by atoms with Crippen molar-refractivity contribution in [1.29, 1.82) is 0 Å². The molecule has 1 amide bonds. The Morgan fingerprint density at radius 3 is 2.70 bits per heavy atom. The second-order valence-electron chi connectivity index (χ2n) is 5.07. The molecule has 1 atom stereocenters. The molecule has 2 N–H and O–H groups in total. The van der Waals surface area contributed by atoms with E-state index in [-0.39, 0.29) is 36.0 Å². The lowest BCUT2D eigenvalue weighted by molar-refractivity contribution is -0.152. The quantitative estimate of drug-likeness (QED) is 0.795. The first-order valence-electron chi connectivity index (χ1n) is 6.48. The highest BCUT2D eigenvalue weighted by molar-refractivity contribution is 6.30. The minimum absolute atomic E-state index is 0.0222. The van der Waals surface area contributed by atoms with Gasteiger partial charge in [-0.15, -0.1) is 0 Å². The Morgan fingerprint density at radius 2 is 2.10 bits per heavy atom. The summed E-state index contributed by atoms with van der Waals surface area (Å²) in [7, 11) is 0. The molecule has 112 valence electrons. The third kappa shape index (κ3) is 4.74. The van der Waals surface area contributed by atoms with Crippen LogP contribution in [-0.2, 0) is 11.3 Å². The first-order valence-corrected chi connectivity index (χ1v) is 6.85. The van der Waals surface area contributed by atoms with Gasteiger partial charge in [0.25, 0.3) is 0 Å². The van der Waals surface area contributed by atoms with Crippen molar-refractivity contribution in [2.24, 2.45) is 5.92 Å². The van der Waals surface area contributed by atoms with Gasteiger partial charge in [0, 0.05) is 18.2 Å². The van der Waals surface area contributed by atoms with Gasteiger partial charge in [0.2, 0.25) is 5.91 Å². The third-order valence-corrected chi connectivity index (χ3v) is 3.54. The van der Waals surface area contributed by atoms with Crippen LogP contribution < -0.4 is 5.32 Å². The predicted octanol–water partition coefficient (Wildman–Crippen LogP) is 2.83. The maximum atomic E-state index is 13.6. The van der Waals surface area contributed by atoms with E-state index in [0.717, 1.165) is 5.06 Å². The van der Waals surface area contributed by atoms with Crippen LogP contribution in [0.3, 0.4) is 0 Å². The number of hydrogen-bond acceptors (Lipinski definition) is 3. The molecule has 0 unspecified atom stereocenters. The van der Waals surface area contributed by atoms with Crippen molar-refractivity contribution < 1.29 is 14.4 Å². The van der Waals surface area contributed by atoms with E-state index < -0.39 is 5.82 Å². The normalized spacial score (nSPS) is 12.8. The second kappa shape index (κ2) is 7.57. The van der Waals surface area contributed by atoms with Gasteiger partial charge in [-0.3, -0.25) is 4.79 Å². The first-order chi connectivity index (χ1) is 9.32. The highest BCUT2D eigenvalue weighted by Gasteiger charge is 2.18. The van der Waals surface area contributed by atoms with Crippen molar-refractivity contribution in [3.63, 3.8) is 0 Å². The smallest absolute Gasteiger partial charge is 0.236 e. The Hall–Kier alpha value is -1.17. The second-order valence-corrected chi connectivity index (χ2v) is 5.48. The molecule has 0 aliphatic heterocycles. The number of nitrogens with zero attached hydrogens (tertiary/aromatic N) is 1. The van der Waals surface area contributed by atoms with Crippen molar-refractivity contribution in [1.82, 2.24) is 10.4 Å². The van der Waals surface area contributed by atoms with E-state index in [4.69, 9.17) is 11.6 Å². The average molecular weight is 303 g/mol. The number of nitrogens with one attached hydrogen (secondary N) is 1. The summed E-state index contributed by atoms with van der Waals surface area (Å²) in [6, 6.07) is 4.48. The van der Waals surface area contributed by atoms with Gasteiger partial charge in [-0.25, -0.2) is 4.39 Å². The molecule has 0 aromatic heterocycles. The number of carbonyl (C=O) groups excluding carboxylic acids is 1. The summed E-state index contributed by atoms with van der Waals surface area (Å²) in [5.41, 5.74) is 0.312. The Balaban J connectivity index is 2.50. The Bertz CT molecular complexity index is 468. The van der Waals surface area contributed by atoms with Crippen molar-refractivity contribution in [2.45, 2.75) is 33.4 Å². The van der Waals surface area contributed by atoms with Gasteiger partial charge in [-0.1, -0.05) is 37.6 Å². The van der Waals surface area contributed by atoms with Gasteiger partial charge in [0.1, 0.15) is 12.4 Å². The van der Waals surface area contributed by atoms with Gasteiger partial charge < -0.3 is 10.5 Å². The largest absolute Gasteiger partial charge is 0.351 e. The van der Waals surface area contributed by atoms with E-state index in [1.807, 2.05) is 20.8 Å². The summed E-state index contributed by atoms with van der Waals surface area (Å²) in [4.78, 5) is 11.7. The summed E-state index contributed by atoms with van der Waals surface area (Å²) >= 11 is 5.65. The number of halogens is 2. The zero-order valence-electron chi connectivity index (χ0n) is 11.9. The SMILES string of the molecule is CC(C)[C@@H](C)N(O)CC(=O)NCc1cccc(Cl)c1F. The Kier molecular flexibility index (Phi) is 6.39. The van der Waals surface area contributed by atoms with Crippen LogP contribution in [0.15, 0.2) is 18.2 Å². The zero-order chi connectivity index (χ0) is 15.3. The number of amides is 1. The van der Waals surface area contributed by atoms with Crippen molar-refractivity contribution in [3.8, 4) is 0 Å². The minimum atomic E-state index is -0.536. The maximum absolute atomic E-state index is 13.6. The fourth-order valence-corrected chi connectivity index (χ4v) is 1.76. The third-order valence-electron chi connectivity index (χ3n) is 3.25. The molecule has 0 saturated heterocycles. The maximum Gasteiger partial charge on any atom is 0.236 e. The molecule has 6 heteroatoms. The molecule has 0 fully saturated rings. The zero-order valence-corrected chi connectivity index (χ0v) is 12.6. The highest BCUT2D eigenvalue weighted by atomic mass is 35.5. The molecule has 0 heterocycles. The predicted molar refractivity (Wildman–Crippen MR) is 76.0 cm³/mol. The number of carbonyl (C=O) groups is 1. The average Bonchev–Trinajstić information content (AvgIpc) is 2.39. The number of hydrogen-bond donors (Lipinski definition) is 2. The number of hydroxylamine groups is 2. The van der Waals surface area contributed by atoms with Crippen LogP contribution in [0.25, 0.3) is 0 Å². The Labute approximate surface area is 123 Å². The topological polar surface area (TPSA) is 52.6 Å². The molecule has 20 heavy (non-hydrogen) atoms. The molecule has 0 aliphatic rings. The lowest BCUT2D eigenvalue weighted by atomic mass is 10.1. The van der Waals surface area contributed by atoms with Crippen LogP contribution >= 0.6 is 11.6 Å². The van der Waals surface area contributed by atoms with Crippen LogP contribution in [-0.4, -0.2) is 28.8 Å². The van der Waals surface area contributed by atoms with E-state index in [2.05, 4.69) is 5.32 Å². The number of rotatable bonds is 6. The molecule has 0 radical (unpaired) electrons. The number of benzene rings is 1. The molecule has 4 nitrogen and oxygen atoms in total. The van der Waals surface area contributed by atoms with Gasteiger partial charge in [-0.05, 0) is 18.9 Å². The van der Waals surface area contributed by atoms with E-state index in [9.17, 15) is 14.4 Å².